The molecule has 1 aromatic heterocycles. The van der Waals surface area contributed by atoms with E-state index in [0.717, 1.165) is 4.90 Å². The van der Waals surface area contributed by atoms with Crippen LogP contribution in [0.4, 0.5) is 18.9 Å². The zero-order valence-corrected chi connectivity index (χ0v) is 13.7. The lowest BCUT2D eigenvalue weighted by atomic mass is 10.2. The SMILES string of the molecule is Cc1cc(C(=O)N(C)c2ccc(OCC(=O)O)cc2)nc(C(F)(F)F)n1. The van der Waals surface area contributed by atoms with Gasteiger partial charge in [-0.1, -0.05) is 0 Å². The molecule has 1 N–H and O–H groups in total. The Bertz CT molecular complexity index is 822. The number of aromatic nitrogens is 2. The first-order valence-electron chi connectivity index (χ1n) is 7.23. The molecule has 0 aliphatic rings. The van der Waals surface area contributed by atoms with Gasteiger partial charge >= 0.3 is 12.1 Å². The Balaban J connectivity index is 2.21. The normalized spacial score (nSPS) is 11.1. The molecule has 2 aromatic rings. The smallest absolute Gasteiger partial charge is 0.451 e. The van der Waals surface area contributed by atoms with Gasteiger partial charge in [0.2, 0.25) is 5.82 Å². The van der Waals surface area contributed by atoms with Crippen LogP contribution in [0.25, 0.3) is 0 Å². The number of aliphatic carboxylic acids is 1. The Morgan fingerprint density at radius 2 is 1.81 bits per heavy atom. The number of anilines is 1. The molecule has 0 radical (unpaired) electrons. The van der Waals surface area contributed by atoms with E-state index in [1.807, 2.05) is 0 Å². The fourth-order valence-electron chi connectivity index (χ4n) is 2.01. The summed E-state index contributed by atoms with van der Waals surface area (Å²) >= 11 is 0. The molecule has 1 amide bonds. The molecule has 0 saturated heterocycles. The number of aryl methyl sites for hydroxylation is 1. The van der Waals surface area contributed by atoms with Crippen LogP contribution in [0.15, 0.2) is 30.3 Å². The topological polar surface area (TPSA) is 92.6 Å². The number of carbonyl (C=O) groups is 2. The van der Waals surface area contributed by atoms with Gasteiger partial charge < -0.3 is 14.7 Å². The monoisotopic (exact) mass is 369 g/mol. The van der Waals surface area contributed by atoms with E-state index in [-0.39, 0.29) is 11.4 Å². The predicted octanol–water partition coefficient (Wildman–Crippen LogP) is 2.54. The number of benzene rings is 1. The first-order chi connectivity index (χ1) is 12.1. The second-order valence-corrected chi connectivity index (χ2v) is 5.26. The van der Waals surface area contributed by atoms with Crippen LogP contribution in [0.3, 0.4) is 0 Å². The van der Waals surface area contributed by atoms with Crippen molar-refractivity contribution in [3.05, 3.63) is 47.5 Å². The van der Waals surface area contributed by atoms with Gasteiger partial charge in [0.1, 0.15) is 11.4 Å². The Hall–Kier alpha value is -3.17. The van der Waals surface area contributed by atoms with Gasteiger partial charge in [0.15, 0.2) is 6.61 Å². The third-order valence-electron chi connectivity index (χ3n) is 3.22. The molecule has 0 bridgehead atoms. The van der Waals surface area contributed by atoms with Crippen LogP contribution >= 0.6 is 0 Å². The van der Waals surface area contributed by atoms with E-state index in [4.69, 9.17) is 9.84 Å². The van der Waals surface area contributed by atoms with Gasteiger partial charge in [-0.05, 0) is 37.3 Å². The van der Waals surface area contributed by atoms with Crippen molar-refractivity contribution in [1.29, 1.82) is 0 Å². The van der Waals surface area contributed by atoms with Crippen molar-refractivity contribution >= 4 is 17.6 Å². The lowest BCUT2D eigenvalue weighted by Crippen LogP contribution is -2.28. The van der Waals surface area contributed by atoms with E-state index >= 15 is 0 Å². The Labute approximate surface area is 146 Å². The minimum Gasteiger partial charge on any atom is -0.482 e. The van der Waals surface area contributed by atoms with Gasteiger partial charge in [0.25, 0.3) is 5.91 Å². The van der Waals surface area contributed by atoms with Crippen molar-refractivity contribution < 1.29 is 32.6 Å². The Kier molecular flexibility index (Phi) is 5.44. The minimum atomic E-state index is -4.76. The van der Waals surface area contributed by atoms with Crippen molar-refractivity contribution in [2.24, 2.45) is 0 Å². The summed E-state index contributed by atoms with van der Waals surface area (Å²) in [6.07, 6.45) is -4.76. The Morgan fingerprint density at radius 3 is 2.35 bits per heavy atom. The maximum absolute atomic E-state index is 12.8. The van der Waals surface area contributed by atoms with Gasteiger partial charge in [0, 0.05) is 18.4 Å². The van der Waals surface area contributed by atoms with Crippen LogP contribution in [-0.4, -0.2) is 40.6 Å². The largest absolute Gasteiger partial charge is 0.482 e. The lowest BCUT2D eigenvalue weighted by Gasteiger charge is -2.18. The van der Waals surface area contributed by atoms with Crippen LogP contribution in [0.2, 0.25) is 0 Å². The van der Waals surface area contributed by atoms with Crippen molar-refractivity contribution in [1.82, 2.24) is 9.97 Å². The van der Waals surface area contributed by atoms with Gasteiger partial charge in [-0.25, -0.2) is 14.8 Å². The molecule has 0 fully saturated rings. The molecule has 2 rings (SSSR count). The van der Waals surface area contributed by atoms with E-state index in [9.17, 15) is 22.8 Å². The number of carboxylic acid groups (broad SMARTS) is 1. The van der Waals surface area contributed by atoms with E-state index < -0.39 is 36.2 Å². The summed E-state index contributed by atoms with van der Waals surface area (Å²) in [7, 11) is 1.38. The summed E-state index contributed by atoms with van der Waals surface area (Å²) in [5.41, 5.74) is -0.0116. The highest BCUT2D eigenvalue weighted by Crippen LogP contribution is 2.27. The number of alkyl halides is 3. The molecule has 0 atom stereocenters. The third-order valence-corrected chi connectivity index (χ3v) is 3.22. The summed E-state index contributed by atoms with van der Waals surface area (Å²) < 4.78 is 43.4. The van der Waals surface area contributed by atoms with E-state index in [0.29, 0.717) is 5.69 Å². The van der Waals surface area contributed by atoms with Crippen molar-refractivity contribution in [3.8, 4) is 5.75 Å². The van der Waals surface area contributed by atoms with Gasteiger partial charge in [0.05, 0.1) is 0 Å². The highest BCUT2D eigenvalue weighted by atomic mass is 19.4. The van der Waals surface area contributed by atoms with Gasteiger partial charge in [-0.2, -0.15) is 13.2 Å². The third kappa shape index (κ3) is 4.68. The summed E-state index contributed by atoms with van der Waals surface area (Å²) in [5, 5.41) is 8.55. The molecule has 1 aromatic carbocycles. The predicted molar refractivity (Wildman–Crippen MR) is 84.1 cm³/mol. The molecule has 0 spiro atoms. The van der Waals surface area contributed by atoms with Crippen LogP contribution in [0.1, 0.15) is 22.0 Å². The van der Waals surface area contributed by atoms with Crippen molar-refractivity contribution in [2.45, 2.75) is 13.1 Å². The highest BCUT2D eigenvalue weighted by molar-refractivity contribution is 6.04. The summed E-state index contributed by atoms with van der Waals surface area (Å²) in [6, 6.07) is 6.98. The number of hydrogen-bond acceptors (Lipinski definition) is 5. The molecular weight excluding hydrogens is 355 g/mol. The number of carbonyl (C=O) groups excluding carboxylic acids is 1. The molecule has 7 nitrogen and oxygen atoms in total. The molecule has 0 saturated carbocycles. The van der Waals surface area contributed by atoms with Crippen molar-refractivity contribution in [2.75, 3.05) is 18.6 Å². The quantitative estimate of drug-likeness (QED) is 0.871. The molecule has 0 unspecified atom stereocenters. The fraction of sp³-hybridized carbons (Fsp3) is 0.250. The number of ether oxygens (including phenoxy) is 1. The first-order valence-corrected chi connectivity index (χ1v) is 7.23. The second kappa shape index (κ2) is 7.38. The van der Waals surface area contributed by atoms with E-state index in [1.54, 1.807) is 0 Å². The molecule has 10 heteroatoms. The van der Waals surface area contributed by atoms with Crippen molar-refractivity contribution in [3.63, 3.8) is 0 Å². The number of amides is 1. The van der Waals surface area contributed by atoms with E-state index in [2.05, 4.69) is 9.97 Å². The average molecular weight is 369 g/mol. The van der Waals surface area contributed by atoms with Crippen LogP contribution < -0.4 is 9.64 Å². The molecule has 138 valence electrons. The number of rotatable bonds is 5. The molecule has 0 aliphatic carbocycles. The fourth-order valence-corrected chi connectivity index (χ4v) is 2.01. The maximum atomic E-state index is 12.8. The number of carboxylic acids is 1. The number of nitrogens with zero attached hydrogens (tertiary/aromatic N) is 3. The minimum absolute atomic E-state index is 0.0153. The van der Waals surface area contributed by atoms with Crippen LogP contribution in [0.5, 0.6) is 5.75 Å². The van der Waals surface area contributed by atoms with Gasteiger partial charge in [-0.15, -0.1) is 0 Å². The van der Waals surface area contributed by atoms with Gasteiger partial charge in [-0.3, -0.25) is 4.79 Å². The molecular formula is C16H14F3N3O4. The lowest BCUT2D eigenvalue weighted by molar-refractivity contribution is -0.145. The summed E-state index contributed by atoms with van der Waals surface area (Å²) in [4.78, 5) is 30.6. The van der Waals surface area contributed by atoms with Crippen LogP contribution in [-0.2, 0) is 11.0 Å². The Morgan fingerprint density at radius 1 is 1.19 bits per heavy atom. The molecule has 1 heterocycles. The number of hydrogen-bond donors (Lipinski definition) is 1. The average Bonchev–Trinajstić information content (AvgIpc) is 2.57. The zero-order chi connectivity index (χ0) is 19.5. The number of halogens is 3. The standard InChI is InChI=1S/C16H14F3N3O4/c1-9-7-12(21-15(20-9)16(17,18)19)14(25)22(2)10-3-5-11(6-4-10)26-8-13(23)24/h3-7H,8H2,1-2H3,(H,23,24). The molecule has 26 heavy (non-hydrogen) atoms. The second-order valence-electron chi connectivity index (χ2n) is 5.26. The van der Waals surface area contributed by atoms with E-state index in [1.165, 1.54) is 44.3 Å². The summed E-state index contributed by atoms with van der Waals surface area (Å²) in [5.74, 6) is -3.00. The molecule has 0 aliphatic heterocycles. The summed E-state index contributed by atoms with van der Waals surface area (Å²) in [6.45, 7) is 0.816. The zero-order valence-electron chi connectivity index (χ0n) is 13.7. The first kappa shape index (κ1) is 19.2. The highest BCUT2D eigenvalue weighted by Gasteiger charge is 2.36. The van der Waals surface area contributed by atoms with Crippen LogP contribution in [0, 0.1) is 6.92 Å². The maximum Gasteiger partial charge on any atom is 0.451 e.